The molecule has 11 heteroatoms. The first-order valence-corrected chi connectivity index (χ1v) is 14.1. The van der Waals surface area contributed by atoms with Gasteiger partial charge in [0.25, 0.3) is 0 Å². The number of fused-ring (bicyclic) bond motifs is 3. The molecule has 1 aromatic carbocycles. The lowest BCUT2D eigenvalue weighted by Crippen LogP contribution is -2.50. The summed E-state index contributed by atoms with van der Waals surface area (Å²) in [6.07, 6.45) is 1.30. The lowest BCUT2D eigenvalue weighted by atomic mass is 9.99. The molecule has 2 N–H and O–H groups in total. The zero-order valence-electron chi connectivity index (χ0n) is 21.9. The number of rotatable bonds is 6. The fraction of sp³-hybridized carbons (Fsp3) is 0.444. The van der Waals surface area contributed by atoms with Crippen LogP contribution in [0.15, 0.2) is 29.3 Å². The predicted octanol–water partition coefficient (Wildman–Crippen LogP) is 3.60. The number of nitrogens with two attached hydrogens (primary N) is 1. The van der Waals surface area contributed by atoms with Gasteiger partial charge in [-0.05, 0) is 51.4 Å². The molecule has 0 radical (unpaired) electrons. The third kappa shape index (κ3) is 5.00. The van der Waals surface area contributed by atoms with Crippen molar-refractivity contribution in [3.05, 3.63) is 62.5 Å². The summed E-state index contributed by atoms with van der Waals surface area (Å²) >= 11 is 7.88. The van der Waals surface area contributed by atoms with Gasteiger partial charge in [-0.15, -0.1) is 21.5 Å². The number of carbonyl (C=O) groups is 2. The van der Waals surface area contributed by atoms with Crippen molar-refractivity contribution in [3.8, 4) is 5.00 Å². The second-order valence-corrected chi connectivity index (χ2v) is 11.4. The van der Waals surface area contributed by atoms with E-state index in [0.717, 1.165) is 33.2 Å². The topological polar surface area (TPSA) is 110 Å². The zero-order chi connectivity index (χ0) is 27.0. The molecule has 0 bridgehead atoms. The van der Waals surface area contributed by atoms with Gasteiger partial charge in [0, 0.05) is 53.6 Å². The van der Waals surface area contributed by atoms with Crippen LogP contribution in [-0.4, -0.2) is 74.8 Å². The Morgan fingerprint density at radius 2 is 1.68 bits per heavy atom. The minimum atomic E-state index is -0.502. The molecule has 2 aromatic heterocycles. The number of thiophene rings is 1. The number of carbonyl (C=O) groups excluding carboxylic acids is 2. The van der Waals surface area contributed by atoms with E-state index in [9.17, 15) is 9.59 Å². The monoisotopic (exact) mass is 553 g/mol. The Morgan fingerprint density at radius 3 is 2.34 bits per heavy atom. The van der Waals surface area contributed by atoms with Crippen LogP contribution in [0.5, 0.6) is 0 Å². The Hall–Kier alpha value is -3.08. The number of aliphatic imine (C=N–C) groups is 1. The summed E-state index contributed by atoms with van der Waals surface area (Å²) in [5.41, 5.74) is 9.51. The Labute approximate surface area is 231 Å². The van der Waals surface area contributed by atoms with Gasteiger partial charge in [-0.2, -0.15) is 0 Å². The van der Waals surface area contributed by atoms with E-state index < -0.39 is 6.04 Å². The number of amides is 2. The van der Waals surface area contributed by atoms with Crippen LogP contribution in [0.2, 0.25) is 5.02 Å². The molecule has 0 aliphatic carbocycles. The Balaban J connectivity index is 1.46. The van der Waals surface area contributed by atoms with Gasteiger partial charge >= 0.3 is 0 Å². The first kappa shape index (κ1) is 26.5. The Kier molecular flexibility index (Phi) is 7.65. The fourth-order valence-corrected chi connectivity index (χ4v) is 6.38. The van der Waals surface area contributed by atoms with Crippen LogP contribution < -0.4 is 5.73 Å². The number of aromatic nitrogens is 3. The minimum absolute atomic E-state index is 0.00590. The molecule has 2 aliphatic rings. The lowest BCUT2D eigenvalue weighted by Gasteiger charge is -2.35. The molecular formula is C27H32ClN7O2S. The maximum absolute atomic E-state index is 13.5. The Bertz CT molecular complexity index is 1390. The van der Waals surface area contributed by atoms with Gasteiger partial charge in [0.15, 0.2) is 5.82 Å². The molecule has 2 aliphatic heterocycles. The number of hydrogen-bond donors (Lipinski definition) is 1. The summed E-state index contributed by atoms with van der Waals surface area (Å²) in [7, 11) is 0. The second kappa shape index (κ2) is 11.0. The van der Waals surface area contributed by atoms with Crippen molar-refractivity contribution < 1.29 is 9.59 Å². The van der Waals surface area contributed by atoms with Gasteiger partial charge in [-0.1, -0.05) is 23.7 Å². The molecule has 3 aromatic rings. The number of aryl methyl sites for hydroxylation is 2. The summed E-state index contributed by atoms with van der Waals surface area (Å²) in [4.78, 5) is 35.9. The number of halogens is 1. The predicted molar refractivity (Wildman–Crippen MR) is 149 cm³/mol. The number of hydrogen-bond acceptors (Lipinski definition) is 7. The zero-order valence-corrected chi connectivity index (χ0v) is 23.5. The average molecular weight is 554 g/mol. The summed E-state index contributed by atoms with van der Waals surface area (Å²) in [6, 6.07) is 7.15. The molecule has 0 saturated carbocycles. The molecular weight excluding hydrogens is 522 g/mol. The smallest absolute Gasteiger partial charge is 0.225 e. The molecule has 38 heavy (non-hydrogen) atoms. The molecule has 4 heterocycles. The molecule has 1 fully saturated rings. The first-order chi connectivity index (χ1) is 18.3. The summed E-state index contributed by atoms with van der Waals surface area (Å²) in [5, 5.41) is 10.5. The van der Waals surface area contributed by atoms with Crippen LogP contribution in [0, 0.1) is 20.8 Å². The SMILES string of the molecule is Cc1sc2c(c1C)C(c1ccc(Cl)cc1)=N[C@@H](CC(=O)N1CCN(C(=O)CCCN)CC1)c1nnc(C)n1-2. The summed E-state index contributed by atoms with van der Waals surface area (Å²) in [6.45, 7) is 8.71. The van der Waals surface area contributed by atoms with Gasteiger partial charge in [0.05, 0.1) is 12.1 Å². The van der Waals surface area contributed by atoms with Crippen molar-refractivity contribution in [2.45, 2.75) is 46.1 Å². The quantitative estimate of drug-likeness (QED) is 0.501. The normalized spacial score (nSPS) is 17.1. The van der Waals surface area contributed by atoms with Crippen molar-refractivity contribution >= 4 is 40.5 Å². The van der Waals surface area contributed by atoms with Crippen LogP contribution in [0.3, 0.4) is 0 Å². The van der Waals surface area contributed by atoms with Gasteiger partial charge in [0.2, 0.25) is 11.8 Å². The second-order valence-electron chi connectivity index (χ2n) is 9.76. The van der Waals surface area contributed by atoms with Gasteiger partial charge in [-0.3, -0.25) is 19.1 Å². The van der Waals surface area contributed by atoms with E-state index in [1.54, 1.807) is 11.3 Å². The highest BCUT2D eigenvalue weighted by Gasteiger charge is 2.34. The van der Waals surface area contributed by atoms with Gasteiger partial charge in [0.1, 0.15) is 16.9 Å². The molecule has 0 unspecified atom stereocenters. The van der Waals surface area contributed by atoms with Crippen molar-refractivity contribution in [3.63, 3.8) is 0 Å². The largest absolute Gasteiger partial charge is 0.339 e. The highest BCUT2D eigenvalue weighted by atomic mass is 35.5. The van der Waals surface area contributed by atoms with E-state index in [4.69, 9.17) is 22.3 Å². The maximum Gasteiger partial charge on any atom is 0.225 e. The fourth-order valence-electron chi connectivity index (χ4n) is 5.04. The van der Waals surface area contributed by atoms with E-state index in [2.05, 4.69) is 28.6 Å². The summed E-state index contributed by atoms with van der Waals surface area (Å²) < 4.78 is 2.05. The maximum atomic E-state index is 13.5. The molecule has 1 atom stereocenters. The minimum Gasteiger partial charge on any atom is -0.339 e. The van der Waals surface area contributed by atoms with Crippen LogP contribution in [0.1, 0.15) is 58.5 Å². The highest BCUT2D eigenvalue weighted by Crippen LogP contribution is 2.39. The number of nitrogens with zero attached hydrogens (tertiary/aromatic N) is 6. The van der Waals surface area contributed by atoms with Crippen LogP contribution in [0.4, 0.5) is 0 Å². The third-order valence-corrected chi connectivity index (χ3v) is 8.75. The van der Waals surface area contributed by atoms with Crippen molar-refractivity contribution in [1.29, 1.82) is 0 Å². The standard InChI is InChI=1S/C27H32ClN7O2S/c1-16-17(2)38-27-24(16)25(19-6-8-20(28)9-7-19)30-21(26-32-31-18(3)35(26)27)15-23(37)34-13-11-33(12-14-34)22(36)5-4-10-29/h6-9,21H,4-5,10-15,29H2,1-3H3/t21-/m0/s1. The van der Waals surface area contributed by atoms with E-state index >= 15 is 0 Å². The molecule has 200 valence electrons. The molecule has 0 spiro atoms. The molecule has 2 amide bonds. The molecule has 1 saturated heterocycles. The van der Waals surface area contributed by atoms with E-state index in [-0.39, 0.29) is 18.2 Å². The molecule has 5 rings (SSSR count). The van der Waals surface area contributed by atoms with Crippen molar-refractivity contribution in [1.82, 2.24) is 24.6 Å². The van der Waals surface area contributed by atoms with Crippen LogP contribution >= 0.6 is 22.9 Å². The number of piperazine rings is 1. The third-order valence-electron chi connectivity index (χ3n) is 7.30. The van der Waals surface area contributed by atoms with Crippen LogP contribution in [0.25, 0.3) is 5.00 Å². The number of benzene rings is 1. The van der Waals surface area contributed by atoms with E-state index in [1.807, 2.05) is 41.0 Å². The van der Waals surface area contributed by atoms with E-state index in [1.165, 1.54) is 4.88 Å². The van der Waals surface area contributed by atoms with E-state index in [0.29, 0.717) is 56.4 Å². The summed E-state index contributed by atoms with van der Waals surface area (Å²) in [5.74, 6) is 1.52. The molecule has 9 nitrogen and oxygen atoms in total. The van der Waals surface area contributed by atoms with Crippen molar-refractivity contribution in [2.75, 3.05) is 32.7 Å². The van der Waals surface area contributed by atoms with Gasteiger partial charge in [-0.25, -0.2) is 0 Å². The Morgan fingerprint density at radius 1 is 1.03 bits per heavy atom. The highest BCUT2D eigenvalue weighted by molar-refractivity contribution is 7.15. The van der Waals surface area contributed by atoms with Crippen molar-refractivity contribution in [2.24, 2.45) is 10.7 Å². The first-order valence-electron chi connectivity index (χ1n) is 12.9. The van der Waals surface area contributed by atoms with Gasteiger partial charge < -0.3 is 15.5 Å². The average Bonchev–Trinajstić information content (AvgIpc) is 3.39. The van der Waals surface area contributed by atoms with Crippen LogP contribution in [-0.2, 0) is 9.59 Å². The lowest BCUT2D eigenvalue weighted by molar-refractivity contribution is -0.139.